The number of benzene rings is 1. The van der Waals surface area contributed by atoms with Gasteiger partial charge in [0.2, 0.25) is 6.79 Å². The van der Waals surface area contributed by atoms with Gasteiger partial charge in [-0.2, -0.15) is 0 Å². The molecule has 6 nitrogen and oxygen atoms in total. The van der Waals surface area contributed by atoms with E-state index in [0.717, 1.165) is 0 Å². The highest BCUT2D eigenvalue weighted by Gasteiger charge is 2.23. The average molecular weight is 286 g/mol. The molecule has 0 radical (unpaired) electrons. The third-order valence-corrected chi connectivity index (χ3v) is 2.98. The fraction of sp³-hybridized carbons (Fsp3) is 0.333. The van der Waals surface area contributed by atoms with Gasteiger partial charge in [0.1, 0.15) is 6.04 Å². The molecule has 1 aliphatic rings. The van der Waals surface area contributed by atoms with E-state index in [4.69, 9.17) is 26.2 Å². The van der Waals surface area contributed by atoms with E-state index in [9.17, 15) is 9.59 Å². The summed E-state index contributed by atoms with van der Waals surface area (Å²) in [4.78, 5) is 22.8. The Morgan fingerprint density at radius 3 is 2.84 bits per heavy atom. The van der Waals surface area contributed by atoms with Crippen molar-refractivity contribution in [2.75, 3.05) is 6.79 Å². The molecular weight excluding hydrogens is 274 g/mol. The lowest BCUT2D eigenvalue weighted by Crippen LogP contribution is -2.40. The highest BCUT2D eigenvalue weighted by molar-refractivity contribution is 6.32. The third kappa shape index (κ3) is 2.73. The topological polar surface area (TPSA) is 84.9 Å². The van der Waals surface area contributed by atoms with Crippen LogP contribution in [-0.2, 0) is 4.79 Å². The molecule has 0 saturated heterocycles. The molecule has 0 saturated carbocycles. The number of ether oxygens (including phenoxy) is 2. The van der Waals surface area contributed by atoms with Gasteiger partial charge in [-0.05, 0) is 18.6 Å². The van der Waals surface area contributed by atoms with Gasteiger partial charge >= 0.3 is 5.97 Å². The lowest BCUT2D eigenvalue weighted by Gasteiger charge is -2.12. The van der Waals surface area contributed by atoms with Crippen LogP contribution in [0.2, 0.25) is 5.02 Å². The van der Waals surface area contributed by atoms with Gasteiger partial charge in [0.05, 0.1) is 5.02 Å². The summed E-state index contributed by atoms with van der Waals surface area (Å²) in [5.41, 5.74) is 0.231. The lowest BCUT2D eigenvalue weighted by molar-refractivity contribution is -0.139. The molecule has 1 amide bonds. The summed E-state index contributed by atoms with van der Waals surface area (Å²) in [5, 5.41) is 11.6. The third-order valence-electron chi connectivity index (χ3n) is 2.70. The molecule has 102 valence electrons. The number of halogens is 1. The van der Waals surface area contributed by atoms with Crippen LogP contribution in [0.1, 0.15) is 23.7 Å². The lowest BCUT2D eigenvalue weighted by atomic mass is 10.1. The molecule has 1 aliphatic heterocycles. The molecule has 0 fully saturated rings. The van der Waals surface area contributed by atoms with Crippen molar-refractivity contribution < 1.29 is 24.2 Å². The Hall–Kier alpha value is -1.95. The molecule has 1 atom stereocenters. The summed E-state index contributed by atoms with van der Waals surface area (Å²) in [6.07, 6.45) is 0.291. The largest absolute Gasteiger partial charge is 0.480 e. The van der Waals surface area contributed by atoms with Gasteiger partial charge in [0.15, 0.2) is 11.5 Å². The Labute approximate surface area is 114 Å². The SMILES string of the molecule is CC[C@@H](NC(=O)c1cc(Cl)c2c(c1)OCO2)C(=O)O. The molecule has 0 unspecified atom stereocenters. The van der Waals surface area contributed by atoms with E-state index in [0.29, 0.717) is 17.9 Å². The number of carbonyl (C=O) groups excluding carboxylic acids is 1. The molecular formula is C12H12ClNO5. The molecule has 19 heavy (non-hydrogen) atoms. The molecule has 0 aromatic heterocycles. The van der Waals surface area contributed by atoms with E-state index in [1.807, 2.05) is 0 Å². The molecule has 0 bridgehead atoms. The highest BCUT2D eigenvalue weighted by atomic mass is 35.5. The Balaban J connectivity index is 2.20. The first-order valence-corrected chi connectivity index (χ1v) is 6.03. The number of hydrogen-bond acceptors (Lipinski definition) is 4. The van der Waals surface area contributed by atoms with E-state index >= 15 is 0 Å². The zero-order chi connectivity index (χ0) is 14.0. The number of carboxylic acids is 1. The van der Waals surface area contributed by atoms with Crippen LogP contribution >= 0.6 is 11.6 Å². The fourth-order valence-electron chi connectivity index (χ4n) is 1.68. The van der Waals surface area contributed by atoms with Crippen molar-refractivity contribution in [3.8, 4) is 11.5 Å². The molecule has 2 N–H and O–H groups in total. The van der Waals surface area contributed by atoms with Crippen LogP contribution in [0, 0.1) is 0 Å². The van der Waals surface area contributed by atoms with Crippen LogP contribution in [-0.4, -0.2) is 29.8 Å². The zero-order valence-corrected chi connectivity index (χ0v) is 10.9. The smallest absolute Gasteiger partial charge is 0.326 e. The van der Waals surface area contributed by atoms with Crippen LogP contribution in [0.3, 0.4) is 0 Å². The van der Waals surface area contributed by atoms with Crippen LogP contribution in [0.15, 0.2) is 12.1 Å². The first-order valence-electron chi connectivity index (χ1n) is 5.65. The Morgan fingerprint density at radius 2 is 2.21 bits per heavy atom. The minimum atomic E-state index is -1.08. The second kappa shape index (κ2) is 5.36. The van der Waals surface area contributed by atoms with Crippen molar-refractivity contribution in [3.05, 3.63) is 22.7 Å². The molecule has 0 spiro atoms. The second-order valence-corrected chi connectivity index (χ2v) is 4.37. The van der Waals surface area contributed by atoms with Gasteiger partial charge in [-0.1, -0.05) is 18.5 Å². The predicted octanol–water partition coefficient (Wildman–Crippen LogP) is 1.66. The number of rotatable bonds is 4. The van der Waals surface area contributed by atoms with E-state index < -0.39 is 17.9 Å². The molecule has 2 rings (SSSR count). The fourth-order valence-corrected chi connectivity index (χ4v) is 1.94. The van der Waals surface area contributed by atoms with Crippen LogP contribution < -0.4 is 14.8 Å². The summed E-state index contributed by atoms with van der Waals surface area (Å²) < 4.78 is 10.3. The number of amides is 1. The molecule has 1 heterocycles. The Kier molecular flexibility index (Phi) is 3.80. The van der Waals surface area contributed by atoms with Crippen molar-refractivity contribution in [1.82, 2.24) is 5.32 Å². The predicted molar refractivity (Wildman–Crippen MR) is 66.8 cm³/mol. The number of nitrogens with one attached hydrogen (secondary N) is 1. The zero-order valence-electron chi connectivity index (χ0n) is 10.1. The van der Waals surface area contributed by atoms with Gasteiger partial charge in [-0.25, -0.2) is 4.79 Å². The van der Waals surface area contributed by atoms with Crippen LogP contribution in [0.4, 0.5) is 0 Å². The van der Waals surface area contributed by atoms with Crippen molar-refractivity contribution in [2.24, 2.45) is 0 Å². The maximum Gasteiger partial charge on any atom is 0.326 e. The van der Waals surface area contributed by atoms with E-state index in [1.54, 1.807) is 6.92 Å². The van der Waals surface area contributed by atoms with Gasteiger partial charge in [0, 0.05) is 5.56 Å². The minimum Gasteiger partial charge on any atom is -0.480 e. The Morgan fingerprint density at radius 1 is 1.47 bits per heavy atom. The molecule has 7 heteroatoms. The standard InChI is InChI=1S/C12H12ClNO5/c1-2-8(12(16)17)14-11(15)6-3-7(13)10-9(4-6)18-5-19-10/h3-4,8H,2,5H2,1H3,(H,14,15)(H,16,17)/t8-/m1/s1. The summed E-state index contributed by atoms with van der Waals surface area (Å²) in [6.45, 7) is 1.72. The number of carbonyl (C=O) groups is 2. The summed E-state index contributed by atoms with van der Waals surface area (Å²) in [5.74, 6) is -0.832. The summed E-state index contributed by atoms with van der Waals surface area (Å²) >= 11 is 5.95. The summed E-state index contributed by atoms with van der Waals surface area (Å²) in [6, 6.07) is 1.95. The van der Waals surface area contributed by atoms with Crippen LogP contribution in [0.5, 0.6) is 11.5 Å². The molecule has 1 aromatic rings. The van der Waals surface area contributed by atoms with Crippen molar-refractivity contribution in [1.29, 1.82) is 0 Å². The highest BCUT2D eigenvalue weighted by Crippen LogP contribution is 2.39. The van der Waals surface area contributed by atoms with Gasteiger partial charge in [-0.3, -0.25) is 4.79 Å². The quantitative estimate of drug-likeness (QED) is 0.879. The Bertz CT molecular complexity index is 531. The molecule has 1 aromatic carbocycles. The first kappa shape index (κ1) is 13.5. The van der Waals surface area contributed by atoms with Crippen molar-refractivity contribution in [2.45, 2.75) is 19.4 Å². The monoisotopic (exact) mass is 285 g/mol. The number of hydrogen-bond donors (Lipinski definition) is 2. The number of aliphatic carboxylic acids is 1. The van der Waals surface area contributed by atoms with E-state index in [2.05, 4.69) is 5.32 Å². The van der Waals surface area contributed by atoms with Crippen LogP contribution in [0.25, 0.3) is 0 Å². The normalized spacial score (nSPS) is 14.0. The molecule has 0 aliphatic carbocycles. The average Bonchev–Trinajstić information content (AvgIpc) is 2.83. The van der Waals surface area contributed by atoms with Crippen molar-refractivity contribution >= 4 is 23.5 Å². The first-order chi connectivity index (χ1) is 9.02. The second-order valence-electron chi connectivity index (χ2n) is 3.96. The van der Waals surface area contributed by atoms with Gasteiger partial charge in [-0.15, -0.1) is 0 Å². The van der Waals surface area contributed by atoms with E-state index in [-0.39, 0.29) is 17.4 Å². The van der Waals surface area contributed by atoms with Gasteiger partial charge < -0.3 is 19.9 Å². The maximum atomic E-state index is 11.9. The summed E-state index contributed by atoms with van der Waals surface area (Å²) in [7, 11) is 0. The number of fused-ring (bicyclic) bond motifs is 1. The maximum absolute atomic E-state index is 11.9. The van der Waals surface area contributed by atoms with Crippen molar-refractivity contribution in [3.63, 3.8) is 0 Å². The minimum absolute atomic E-state index is 0.0484. The van der Waals surface area contributed by atoms with Gasteiger partial charge in [0.25, 0.3) is 5.91 Å². The number of carboxylic acid groups (broad SMARTS) is 1. The van der Waals surface area contributed by atoms with E-state index in [1.165, 1.54) is 12.1 Å².